The van der Waals surface area contributed by atoms with Crippen molar-refractivity contribution in [2.24, 2.45) is 10.2 Å². The van der Waals surface area contributed by atoms with Crippen LogP contribution in [0.3, 0.4) is 0 Å². The zero-order valence-corrected chi connectivity index (χ0v) is 17.7. The van der Waals surface area contributed by atoms with Gasteiger partial charge in [0, 0.05) is 0 Å². The average molecular weight is 455 g/mol. The van der Waals surface area contributed by atoms with Crippen LogP contribution in [0.1, 0.15) is 25.0 Å². The fourth-order valence-electron chi connectivity index (χ4n) is 2.22. The average Bonchev–Trinajstić information content (AvgIpc) is 2.69. The molecule has 9 nitrogen and oxygen atoms in total. The summed E-state index contributed by atoms with van der Waals surface area (Å²) in [7, 11) is 0. The summed E-state index contributed by atoms with van der Waals surface area (Å²) in [5.74, 6) is 0.0778. The van der Waals surface area contributed by atoms with E-state index < -0.39 is 6.03 Å². The van der Waals surface area contributed by atoms with Crippen molar-refractivity contribution < 1.29 is 24.5 Å². The van der Waals surface area contributed by atoms with E-state index in [4.69, 9.17) is 32.7 Å². The van der Waals surface area contributed by atoms with Gasteiger partial charge in [0.25, 0.3) is 0 Å². The quantitative estimate of drug-likeness (QED) is 0.355. The Morgan fingerprint density at radius 1 is 0.900 bits per heavy atom. The highest BCUT2D eigenvalue weighted by molar-refractivity contribution is 6.32. The summed E-state index contributed by atoms with van der Waals surface area (Å²) in [6, 6.07) is 5.27. The minimum atomic E-state index is -0.702. The predicted octanol–water partition coefficient (Wildman–Crippen LogP) is 3.87. The molecule has 0 fully saturated rings. The van der Waals surface area contributed by atoms with Gasteiger partial charge in [-0.1, -0.05) is 23.2 Å². The van der Waals surface area contributed by atoms with Crippen LogP contribution < -0.4 is 20.3 Å². The Bertz CT molecular complexity index is 891. The third-order valence-corrected chi connectivity index (χ3v) is 4.04. The van der Waals surface area contributed by atoms with E-state index in [2.05, 4.69) is 21.1 Å². The van der Waals surface area contributed by atoms with Crippen molar-refractivity contribution >= 4 is 41.7 Å². The standard InChI is InChI=1S/C19H20Cl2N4O5/c1-3-29-15-7-11(5-13(20)17(15)26)9-22-24-19(28)25-23-10-12-6-14(21)18(27)16(8-12)30-4-2/h5-10,26-27H,3-4H2,1-2H3,(H2,24,25,28)/b22-9-,23-10+. The Morgan fingerprint density at radius 3 is 1.67 bits per heavy atom. The molecule has 0 aliphatic rings. The second-order valence-corrected chi connectivity index (χ2v) is 6.45. The molecule has 0 aromatic heterocycles. The van der Waals surface area contributed by atoms with Gasteiger partial charge in [0.1, 0.15) is 0 Å². The molecule has 2 rings (SSSR count). The van der Waals surface area contributed by atoms with E-state index in [1.165, 1.54) is 36.7 Å². The molecular formula is C19H20Cl2N4O5. The highest BCUT2D eigenvalue weighted by atomic mass is 35.5. The molecule has 2 aromatic rings. The molecule has 0 saturated carbocycles. The number of nitrogens with one attached hydrogen (secondary N) is 2. The number of halogens is 2. The van der Waals surface area contributed by atoms with Crippen LogP contribution in [0, 0.1) is 0 Å². The largest absolute Gasteiger partial charge is 0.503 e. The van der Waals surface area contributed by atoms with E-state index in [0.717, 1.165) is 0 Å². The van der Waals surface area contributed by atoms with Crippen LogP contribution in [0.15, 0.2) is 34.5 Å². The molecule has 0 radical (unpaired) electrons. The van der Waals surface area contributed by atoms with Crippen LogP contribution in [0.2, 0.25) is 10.0 Å². The van der Waals surface area contributed by atoms with Crippen LogP contribution >= 0.6 is 23.2 Å². The second-order valence-electron chi connectivity index (χ2n) is 5.63. The van der Waals surface area contributed by atoms with Crippen LogP contribution in [0.5, 0.6) is 23.0 Å². The van der Waals surface area contributed by atoms with Gasteiger partial charge in [-0.15, -0.1) is 0 Å². The molecule has 4 N–H and O–H groups in total. The maximum Gasteiger partial charge on any atom is 0.355 e. The highest BCUT2D eigenvalue weighted by Crippen LogP contribution is 2.35. The SMILES string of the molecule is CCOc1cc(/C=N\NC(=O)N/N=C/c2cc(Cl)c(O)c(OCC)c2)cc(Cl)c1O. The summed E-state index contributed by atoms with van der Waals surface area (Å²) in [6.07, 6.45) is 2.65. The van der Waals surface area contributed by atoms with Gasteiger partial charge >= 0.3 is 6.03 Å². The number of amides is 2. The lowest BCUT2D eigenvalue weighted by Crippen LogP contribution is -2.28. The number of rotatable bonds is 8. The van der Waals surface area contributed by atoms with Gasteiger partial charge in [-0.2, -0.15) is 10.2 Å². The Morgan fingerprint density at radius 2 is 1.30 bits per heavy atom. The number of phenols is 2. The topological polar surface area (TPSA) is 125 Å². The smallest absolute Gasteiger partial charge is 0.355 e. The van der Waals surface area contributed by atoms with Gasteiger partial charge in [-0.3, -0.25) is 0 Å². The number of benzene rings is 2. The van der Waals surface area contributed by atoms with Gasteiger partial charge in [-0.05, 0) is 49.2 Å². The van der Waals surface area contributed by atoms with Gasteiger partial charge in [0.05, 0.1) is 35.7 Å². The van der Waals surface area contributed by atoms with Crippen molar-refractivity contribution in [2.45, 2.75) is 13.8 Å². The van der Waals surface area contributed by atoms with Crippen LogP contribution in [-0.4, -0.2) is 41.9 Å². The maximum atomic E-state index is 11.8. The van der Waals surface area contributed by atoms with Crippen molar-refractivity contribution in [1.82, 2.24) is 10.9 Å². The summed E-state index contributed by atoms with van der Waals surface area (Å²) in [4.78, 5) is 11.8. The first-order valence-corrected chi connectivity index (χ1v) is 9.54. The number of nitrogens with zero attached hydrogens (tertiary/aromatic N) is 2. The van der Waals surface area contributed by atoms with E-state index in [-0.39, 0.29) is 33.0 Å². The lowest BCUT2D eigenvalue weighted by molar-refractivity contribution is 0.242. The van der Waals surface area contributed by atoms with Gasteiger partial charge in [0.2, 0.25) is 0 Å². The van der Waals surface area contributed by atoms with E-state index in [9.17, 15) is 15.0 Å². The molecule has 2 aromatic carbocycles. The Labute approximate surface area is 182 Å². The normalized spacial score (nSPS) is 11.1. The molecular weight excluding hydrogens is 435 g/mol. The lowest BCUT2D eigenvalue weighted by Gasteiger charge is -2.08. The molecule has 0 aliphatic heterocycles. The Balaban J connectivity index is 1.95. The van der Waals surface area contributed by atoms with Crippen molar-refractivity contribution in [3.63, 3.8) is 0 Å². The van der Waals surface area contributed by atoms with Crippen LogP contribution in [0.4, 0.5) is 4.79 Å². The number of carbonyl (C=O) groups is 1. The highest BCUT2D eigenvalue weighted by Gasteiger charge is 2.10. The molecule has 0 aliphatic carbocycles. The monoisotopic (exact) mass is 454 g/mol. The fraction of sp³-hybridized carbons (Fsp3) is 0.211. The number of hydrazone groups is 2. The molecule has 11 heteroatoms. The van der Waals surface area contributed by atoms with E-state index in [0.29, 0.717) is 24.3 Å². The Hall–Kier alpha value is -3.17. The molecule has 0 spiro atoms. The van der Waals surface area contributed by atoms with Gasteiger partial charge in [-0.25, -0.2) is 15.6 Å². The third-order valence-electron chi connectivity index (χ3n) is 3.46. The minimum absolute atomic E-state index is 0.0930. The number of hydrogen-bond donors (Lipinski definition) is 4. The minimum Gasteiger partial charge on any atom is -0.503 e. The van der Waals surface area contributed by atoms with Crippen LogP contribution in [-0.2, 0) is 0 Å². The number of ether oxygens (including phenoxy) is 2. The molecule has 160 valence electrons. The molecule has 0 unspecified atom stereocenters. The van der Waals surface area contributed by atoms with Crippen molar-refractivity contribution in [2.75, 3.05) is 13.2 Å². The van der Waals surface area contributed by atoms with Crippen molar-refractivity contribution in [1.29, 1.82) is 0 Å². The number of hydrogen-bond acceptors (Lipinski definition) is 7. The molecule has 0 saturated heterocycles. The number of phenolic OH excluding ortho intramolecular Hbond substituents is 2. The van der Waals surface area contributed by atoms with Gasteiger partial charge < -0.3 is 19.7 Å². The molecule has 2 amide bonds. The summed E-state index contributed by atoms with van der Waals surface area (Å²) in [5, 5.41) is 27.4. The first-order chi connectivity index (χ1) is 14.3. The summed E-state index contributed by atoms with van der Waals surface area (Å²) >= 11 is 11.9. The maximum absolute atomic E-state index is 11.8. The molecule has 0 atom stereocenters. The zero-order valence-electron chi connectivity index (χ0n) is 16.1. The number of urea groups is 1. The summed E-state index contributed by atoms with van der Waals surface area (Å²) in [6.45, 7) is 4.23. The number of aromatic hydroxyl groups is 2. The van der Waals surface area contributed by atoms with Gasteiger partial charge in [0.15, 0.2) is 23.0 Å². The lowest BCUT2D eigenvalue weighted by atomic mass is 10.2. The van der Waals surface area contributed by atoms with Crippen LogP contribution in [0.25, 0.3) is 0 Å². The van der Waals surface area contributed by atoms with E-state index in [1.807, 2.05) is 0 Å². The first kappa shape index (κ1) is 23.1. The van der Waals surface area contributed by atoms with E-state index >= 15 is 0 Å². The van der Waals surface area contributed by atoms with E-state index in [1.54, 1.807) is 13.8 Å². The predicted molar refractivity (Wildman–Crippen MR) is 115 cm³/mol. The van der Waals surface area contributed by atoms with Crippen molar-refractivity contribution in [3.05, 3.63) is 45.4 Å². The molecule has 30 heavy (non-hydrogen) atoms. The third kappa shape index (κ3) is 6.43. The zero-order chi connectivity index (χ0) is 22.1. The second kappa shape index (κ2) is 11.1. The fourth-order valence-corrected chi connectivity index (χ4v) is 2.66. The molecule has 0 heterocycles. The number of carbonyl (C=O) groups excluding carboxylic acids is 1. The first-order valence-electron chi connectivity index (χ1n) is 8.78. The molecule has 0 bridgehead atoms. The summed E-state index contributed by atoms with van der Waals surface area (Å²) < 4.78 is 10.5. The summed E-state index contributed by atoms with van der Waals surface area (Å²) in [5.41, 5.74) is 5.46. The van der Waals surface area contributed by atoms with Crippen molar-refractivity contribution in [3.8, 4) is 23.0 Å². The Kier molecular flexibility index (Phi) is 8.57.